The quantitative estimate of drug-likeness (QED) is 0.752. The lowest BCUT2D eigenvalue weighted by Crippen LogP contribution is -2.31. The highest BCUT2D eigenvalue weighted by atomic mass is 35.5. The van der Waals surface area contributed by atoms with Gasteiger partial charge in [-0.05, 0) is 30.2 Å². The van der Waals surface area contributed by atoms with Gasteiger partial charge in [-0.15, -0.1) is 24.8 Å². The zero-order valence-corrected chi connectivity index (χ0v) is 17.0. The van der Waals surface area contributed by atoms with Crippen molar-refractivity contribution >= 4 is 30.7 Å². The number of nitrogens with two attached hydrogens (primary N) is 1. The van der Waals surface area contributed by atoms with Crippen LogP contribution in [-0.4, -0.2) is 48.2 Å². The fourth-order valence-corrected chi connectivity index (χ4v) is 3.33. The van der Waals surface area contributed by atoms with Crippen LogP contribution in [0.15, 0.2) is 48.7 Å². The minimum absolute atomic E-state index is 0. The summed E-state index contributed by atoms with van der Waals surface area (Å²) in [7, 11) is 0. The summed E-state index contributed by atoms with van der Waals surface area (Å²) in [6.45, 7) is -0.218. The Balaban J connectivity index is 0.00000210. The average molecular weight is 452 g/mol. The van der Waals surface area contributed by atoms with Gasteiger partial charge < -0.3 is 15.4 Å². The van der Waals surface area contributed by atoms with Crippen molar-refractivity contribution in [3.8, 4) is 5.75 Å². The molecule has 0 bridgehead atoms. The first-order valence-corrected chi connectivity index (χ1v) is 8.58. The molecule has 1 aliphatic rings. The Morgan fingerprint density at radius 3 is 2.45 bits per heavy atom. The Labute approximate surface area is 179 Å². The highest BCUT2D eigenvalue weighted by Gasteiger charge is 2.37. The molecule has 0 spiro atoms. The molecule has 160 valence electrons. The van der Waals surface area contributed by atoms with E-state index in [0.717, 1.165) is 5.56 Å². The molecule has 3 rings (SSSR count). The van der Waals surface area contributed by atoms with Gasteiger partial charge in [0, 0.05) is 25.2 Å². The maximum absolute atomic E-state index is 12.9. The maximum atomic E-state index is 12.9. The third-order valence-corrected chi connectivity index (χ3v) is 4.62. The Bertz CT molecular complexity index is 794. The first-order chi connectivity index (χ1) is 12.9. The second-order valence-corrected chi connectivity index (χ2v) is 6.48. The molecule has 29 heavy (non-hydrogen) atoms. The summed E-state index contributed by atoms with van der Waals surface area (Å²) in [5.41, 5.74) is 6.85. The number of ether oxygens (including phenoxy) is 1. The lowest BCUT2D eigenvalue weighted by atomic mass is 9.89. The van der Waals surface area contributed by atoms with Crippen LogP contribution >= 0.6 is 24.8 Å². The van der Waals surface area contributed by atoms with Crippen molar-refractivity contribution < 1.29 is 22.7 Å². The van der Waals surface area contributed by atoms with E-state index < -0.39 is 18.7 Å². The van der Waals surface area contributed by atoms with Gasteiger partial charge in [0.15, 0.2) is 18.1 Å². The van der Waals surface area contributed by atoms with E-state index in [1.807, 2.05) is 30.3 Å². The number of rotatable bonds is 5. The predicted molar refractivity (Wildman–Crippen MR) is 108 cm³/mol. The van der Waals surface area contributed by atoms with E-state index in [1.54, 1.807) is 4.90 Å². The molecule has 1 aromatic heterocycles. The zero-order valence-electron chi connectivity index (χ0n) is 15.3. The first-order valence-electron chi connectivity index (χ1n) is 8.58. The van der Waals surface area contributed by atoms with Crippen molar-refractivity contribution in [2.24, 2.45) is 11.7 Å². The smallest absolute Gasteiger partial charge is 0.422 e. The normalized spacial score (nSPS) is 18.6. The number of likely N-dealkylation sites (tertiary alicyclic amines) is 1. The van der Waals surface area contributed by atoms with Crippen LogP contribution < -0.4 is 10.5 Å². The standard InChI is InChI=1S/C19H20F3N3O2.2ClH/c20-19(21,22)12-27-16-7-4-8-24-17(16)18(26)25-10-14(9-23)15(11-25)13-5-2-1-3-6-13;;/h1-8,14-15H,9-12,23H2;2*1H/t14-,15+;;/m1../s1. The number of benzene rings is 1. The number of nitrogens with zero attached hydrogens (tertiary/aromatic N) is 2. The number of alkyl halides is 3. The summed E-state index contributed by atoms with van der Waals surface area (Å²) in [5, 5.41) is 0. The van der Waals surface area contributed by atoms with Gasteiger partial charge in [-0.25, -0.2) is 4.98 Å². The fraction of sp³-hybridized carbons (Fsp3) is 0.368. The molecule has 2 aromatic rings. The maximum Gasteiger partial charge on any atom is 0.422 e. The van der Waals surface area contributed by atoms with Crippen molar-refractivity contribution in [1.29, 1.82) is 0 Å². The number of halogens is 5. The molecule has 1 saturated heterocycles. The number of pyridine rings is 1. The zero-order chi connectivity index (χ0) is 19.4. The lowest BCUT2D eigenvalue weighted by molar-refractivity contribution is -0.153. The van der Waals surface area contributed by atoms with E-state index in [-0.39, 0.29) is 48.1 Å². The van der Waals surface area contributed by atoms with Gasteiger partial charge in [0.25, 0.3) is 5.91 Å². The Morgan fingerprint density at radius 1 is 1.14 bits per heavy atom. The van der Waals surface area contributed by atoms with Gasteiger partial charge in [-0.2, -0.15) is 13.2 Å². The van der Waals surface area contributed by atoms with Gasteiger partial charge >= 0.3 is 6.18 Å². The average Bonchev–Trinajstić information content (AvgIpc) is 3.10. The summed E-state index contributed by atoms with van der Waals surface area (Å²) in [5.74, 6) is -0.486. The Kier molecular flexibility index (Phi) is 9.19. The second kappa shape index (κ2) is 10.7. The van der Waals surface area contributed by atoms with Gasteiger partial charge in [0.2, 0.25) is 0 Å². The van der Waals surface area contributed by atoms with Crippen LogP contribution in [-0.2, 0) is 0 Å². The van der Waals surface area contributed by atoms with Crippen LogP contribution in [0.25, 0.3) is 0 Å². The second-order valence-electron chi connectivity index (χ2n) is 6.48. The molecule has 1 fully saturated rings. The van der Waals surface area contributed by atoms with Crippen LogP contribution in [0.4, 0.5) is 13.2 Å². The van der Waals surface area contributed by atoms with Crippen molar-refractivity contribution in [1.82, 2.24) is 9.88 Å². The number of amides is 1. The third-order valence-electron chi connectivity index (χ3n) is 4.62. The Morgan fingerprint density at radius 2 is 1.83 bits per heavy atom. The van der Waals surface area contributed by atoms with E-state index in [1.165, 1.54) is 18.3 Å². The summed E-state index contributed by atoms with van der Waals surface area (Å²) < 4.78 is 42.2. The van der Waals surface area contributed by atoms with E-state index in [0.29, 0.717) is 19.6 Å². The van der Waals surface area contributed by atoms with E-state index >= 15 is 0 Å². The number of hydrogen-bond donors (Lipinski definition) is 1. The minimum Gasteiger partial charge on any atom is -0.482 e. The van der Waals surface area contributed by atoms with Crippen molar-refractivity contribution in [2.45, 2.75) is 12.1 Å². The highest BCUT2D eigenvalue weighted by Crippen LogP contribution is 2.33. The van der Waals surface area contributed by atoms with Gasteiger partial charge in [0.1, 0.15) is 0 Å². The summed E-state index contributed by atoms with van der Waals surface area (Å²) >= 11 is 0. The van der Waals surface area contributed by atoms with E-state index in [2.05, 4.69) is 4.98 Å². The molecule has 0 saturated carbocycles. The monoisotopic (exact) mass is 451 g/mol. The van der Waals surface area contributed by atoms with Crippen molar-refractivity contribution in [3.05, 3.63) is 59.9 Å². The van der Waals surface area contributed by atoms with Crippen LogP contribution in [0.2, 0.25) is 0 Å². The molecule has 2 atom stereocenters. The molecule has 0 aliphatic carbocycles. The molecule has 2 heterocycles. The largest absolute Gasteiger partial charge is 0.482 e. The van der Waals surface area contributed by atoms with E-state index in [4.69, 9.17) is 10.5 Å². The number of carbonyl (C=O) groups is 1. The molecular formula is C19H22Cl2F3N3O2. The minimum atomic E-state index is -4.49. The van der Waals surface area contributed by atoms with E-state index in [9.17, 15) is 18.0 Å². The van der Waals surface area contributed by atoms with Crippen LogP contribution in [0.3, 0.4) is 0 Å². The molecule has 2 N–H and O–H groups in total. The van der Waals surface area contributed by atoms with Crippen molar-refractivity contribution in [2.75, 3.05) is 26.2 Å². The number of hydrogen-bond acceptors (Lipinski definition) is 4. The highest BCUT2D eigenvalue weighted by molar-refractivity contribution is 5.95. The van der Waals surface area contributed by atoms with Crippen LogP contribution in [0, 0.1) is 5.92 Å². The number of carbonyl (C=O) groups excluding carboxylic acids is 1. The lowest BCUT2D eigenvalue weighted by Gasteiger charge is -2.18. The molecule has 1 amide bonds. The van der Waals surface area contributed by atoms with Crippen molar-refractivity contribution in [3.63, 3.8) is 0 Å². The summed E-state index contributed by atoms with van der Waals surface area (Å²) in [6, 6.07) is 12.5. The van der Waals surface area contributed by atoms with Gasteiger partial charge in [-0.1, -0.05) is 30.3 Å². The molecule has 1 aromatic carbocycles. The molecular weight excluding hydrogens is 430 g/mol. The topological polar surface area (TPSA) is 68.5 Å². The third kappa shape index (κ3) is 6.22. The molecule has 10 heteroatoms. The molecule has 0 unspecified atom stereocenters. The van der Waals surface area contributed by atoms with Gasteiger partial charge in [0.05, 0.1) is 0 Å². The van der Waals surface area contributed by atoms with Crippen LogP contribution in [0.1, 0.15) is 22.0 Å². The molecule has 5 nitrogen and oxygen atoms in total. The molecule has 1 aliphatic heterocycles. The number of aromatic nitrogens is 1. The first kappa shape index (κ1) is 25.0. The van der Waals surface area contributed by atoms with Crippen LogP contribution in [0.5, 0.6) is 5.75 Å². The summed E-state index contributed by atoms with van der Waals surface area (Å²) in [6.07, 6.45) is -3.13. The predicted octanol–water partition coefficient (Wildman–Crippen LogP) is 3.68. The fourth-order valence-electron chi connectivity index (χ4n) is 3.33. The molecule has 0 radical (unpaired) electrons. The summed E-state index contributed by atoms with van der Waals surface area (Å²) in [4.78, 5) is 18.4. The van der Waals surface area contributed by atoms with Gasteiger partial charge in [-0.3, -0.25) is 4.79 Å². The SMILES string of the molecule is Cl.Cl.NC[C@@H]1CN(C(=O)c2ncccc2OCC(F)(F)F)C[C@H]1c1ccccc1. The Hall–Kier alpha value is -2.03.